The average Bonchev–Trinajstić information content (AvgIpc) is 3.20. The van der Waals surface area contributed by atoms with Crippen LogP contribution in [-0.2, 0) is 28.9 Å². The number of esters is 1. The molecular formula is C20H28N4O3S2. The van der Waals surface area contributed by atoms with Crippen LogP contribution in [0.5, 0.6) is 0 Å². The Morgan fingerprint density at radius 3 is 2.86 bits per heavy atom. The molecule has 2 aromatic rings. The van der Waals surface area contributed by atoms with Gasteiger partial charge in [0.05, 0.1) is 17.9 Å². The van der Waals surface area contributed by atoms with E-state index in [1.807, 2.05) is 11.5 Å². The van der Waals surface area contributed by atoms with Crippen molar-refractivity contribution >= 4 is 40.0 Å². The van der Waals surface area contributed by atoms with E-state index in [4.69, 9.17) is 4.74 Å². The first-order valence-corrected chi connectivity index (χ1v) is 11.9. The SMILES string of the molecule is CCCn1c(C)nnc1SCC(=O)Nc1sc2c(c1C(=O)OCC)CC[C@H](C)C2. The second-order valence-electron chi connectivity index (χ2n) is 7.29. The van der Waals surface area contributed by atoms with Crippen LogP contribution in [0, 0.1) is 12.8 Å². The minimum Gasteiger partial charge on any atom is -0.462 e. The lowest BCUT2D eigenvalue weighted by atomic mass is 9.88. The first kappa shape index (κ1) is 21.8. The van der Waals surface area contributed by atoms with Gasteiger partial charge in [0.2, 0.25) is 5.91 Å². The maximum absolute atomic E-state index is 12.6. The van der Waals surface area contributed by atoms with Crippen molar-refractivity contribution in [2.45, 2.75) is 65.1 Å². The van der Waals surface area contributed by atoms with Gasteiger partial charge in [-0.1, -0.05) is 25.6 Å². The predicted molar refractivity (Wildman–Crippen MR) is 116 cm³/mol. The number of ether oxygens (including phenoxy) is 1. The van der Waals surface area contributed by atoms with Crippen LogP contribution in [0.15, 0.2) is 5.16 Å². The molecule has 1 amide bonds. The molecule has 0 saturated carbocycles. The summed E-state index contributed by atoms with van der Waals surface area (Å²) in [6.45, 7) is 9.16. The van der Waals surface area contributed by atoms with Crippen LogP contribution in [0.1, 0.15) is 60.2 Å². The molecule has 0 spiro atoms. The number of fused-ring (bicyclic) bond motifs is 1. The van der Waals surface area contributed by atoms with Crippen LogP contribution >= 0.6 is 23.1 Å². The largest absolute Gasteiger partial charge is 0.462 e. The summed E-state index contributed by atoms with van der Waals surface area (Å²) in [6, 6.07) is 0. The third-order valence-corrected chi connectivity index (χ3v) is 7.06. The van der Waals surface area contributed by atoms with Gasteiger partial charge >= 0.3 is 5.97 Å². The summed E-state index contributed by atoms with van der Waals surface area (Å²) < 4.78 is 7.29. The number of carbonyl (C=O) groups excluding carboxylic acids is 2. The molecule has 0 saturated heterocycles. The van der Waals surface area contributed by atoms with Crippen molar-refractivity contribution in [1.29, 1.82) is 0 Å². The smallest absolute Gasteiger partial charge is 0.341 e. The third-order valence-electron chi connectivity index (χ3n) is 4.93. The standard InChI is InChI=1S/C20H28N4O3S2/c1-5-9-24-13(4)22-23-20(24)28-11-16(25)21-18-17(19(26)27-6-2)14-8-7-12(3)10-15(14)29-18/h12H,5-11H2,1-4H3,(H,21,25)/t12-/m0/s1. The van der Waals surface area contributed by atoms with E-state index in [0.29, 0.717) is 23.1 Å². The highest BCUT2D eigenvalue weighted by Crippen LogP contribution is 2.40. The summed E-state index contributed by atoms with van der Waals surface area (Å²) in [5.41, 5.74) is 1.59. The lowest BCUT2D eigenvalue weighted by Crippen LogP contribution is -2.18. The number of thiophene rings is 1. The molecule has 0 unspecified atom stereocenters. The highest BCUT2D eigenvalue weighted by Gasteiger charge is 2.29. The highest BCUT2D eigenvalue weighted by molar-refractivity contribution is 7.99. The van der Waals surface area contributed by atoms with E-state index >= 15 is 0 Å². The van der Waals surface area contributed by atoms with Crippen LogP contribution in [-0.4, -0.2) is 39.0 Å². The molecule has 1 atom stereocenters. The van der Waals surface area contributed by atoms with Gasteiger partial charge in [0.15, 0.2) is 5.16 Å². The highest BCUT2D eigenvalue weighted by atomic mass is 32.2. The molecule has 0 fully saturated rings. The number of nitrogens with one attached hydrogen (secondary N) is 1. The van der Waals surface area contributed by atoms with Crippen LogP contribution in [0.25, 0.3) is 0 Å². The first-order valence-electron chi connectivity index (χ1n) is 10.1. The van der Waals surface area contributed by atoms with Gasteiger partial charge in [0, 0.05) is 11.4 Å². The fraction of sp³-hybridized carbons (Fsp3) is 0.600. The lowest BCUT2D eigenvalue weighted by molar-refractivity contribution is -0.113. The normalized spacial score (nSPS) is 15.8. The van der Waals surface area contributed by atoms with E-state index in [1.54, 1.807) is 6.92 Å². The monoisotopic (exact) mass is 436 g/mol. The summed E-state index contributed by atoms with van der Waals surface area (Å²) in [5.74, 6) is 1.14. The zero-order valence-electron chi connectivity index (χ0n) is 17.4. The lowest BCUT2D eigenvalue weighted by Gasteiger charge is -2.18. The van der Waals surface area contributed by atoms with Gasteiger partial charge in [0.1, 0.15) is 10.8 Å². The topological polar surface area (TPSA) is 86.1 Å². The molecule has 7 nitrogen and oxygen atoms in total. The molecule has 3 rings (SSSR count). The predicted octanol–water partition coefficient (Wildman–Crippen LogP) is 4.09. The molecule has 0 aromatic carbocycles. The molecule has 9 heteroatoms. The molecule has 1 aliphatic carbocycles. The summed E-state index contributed by atoms with van der Waals surface area (Å²) in [4.78, 5) is 26.4. The van der Waals surface area contributed by atoms with Crippen LogP contribution in [0.2, 0.25) is 0 Å². The number of aryl methyl sites for hydroxylation is 1. The molecule has 158 valence electrons. The molecule has 2 heterocycles. The zero-order chi connectivity index (χ0) is 21.0. The Labute approximate surface area is 179 Å². The van der Waals surface area contributed by atoms with Gasteiger partial charge in [-0.3, -0.25) is 4.79 Å². The third kappa shape index (κ3) is 5.01. The Balaban J connectivity index is 1.74. The van der Waals surface area contributed by atoms with E-state index in [2.05, 4.69) is 29.4 Å². The zero-order valence-corrected chi connectivity index (χ0v) is 19.0. The number of thioether (sulfide) groups is 1. The fourth-order valence-electron chi connectivity index (χ4n) is 3.50. The Hall–Kier alpha value is -1.87. The number of hydrogen-bond donors (Lipinski definition) is 1. The number of aromatic nitrogens is 3. The minimum atomic E-state index is -0.346. The number of hydrogen-bond acceptors (Lipinski definition) is 7. The molecule has 0 aliphatic heterocycles. The van der Waals surface area contributed by atoms with Gasteiger partial charge in [-0.2, -0.15) is 0 Å². The van der Waals surface area contributed by atoms with Crippen LogP contribution < -0.4 is 5.32 Å². The van der Waals surface area contributed by atoms with E-state index in [0.717, 1.165) is 48.8 Å². The fourth-order valence-corrected chi connectivity index (χ4v) is 5.73. The van der Waals surface area contributed by atoms with Crippen molar-refractivity contribution in [3.8, 4) is 0 Å². The van der Waals surface area contributed by atoms with Crippen molar-refractivity contribution in [2.24, 2.45) is 5.92 Å². The Kier molecular flexibility index (Phi) is 7.34. The summed E-state index contributed by atoms with van der Waals surface area (Å²) in [7, 11) is 0. The quantitative estimate of drug-likeness (QED) is 0.495. The summed E-state index contributed by atoms with van der Waals surface area (Å²) in [6.07, 6.45) is 3.81. The number of amides is 1. The number of rotatable bonds is 8. The van der Waals surface area contributed by atoms with Crippen molar-refractivity contribution in [3.63, 3.8) is 0 Å². The van der Waals surface area contributed by atoms with Crippen molar-refractivity contribution in [1.82, 2.24) is 14.8 Å². The minimum absolute atomic E-state index is 0.157. The second-order valence-corrected chi connectivity index (χ2v) is 9.34. The van der Waals surface area contributed by atoms with Crippen LogP contribution in [0.3, 0.4) is 0 Å². The van der Waals surface area contributed by atoms with Gasteiger partial charge in [-0.05, 0) is 51.0 Å². The maximum Gasteiger partial charge on any atom is 0.341 e. The molecule has 0 bridgehead atoms. The number of anilines is 1. The molecule has 1 N–H and O–H groups in total. The van der Waals surface area contributed by atoms with Gasteiger partial charge < -0.3 is 14.6 Å². The second kappa shape index (κ2) is 9.75. The summed E-state index contributed by atoms with van der Waals surface area (Å²) >= 11 is 2.87. The van der Waals surface area contributed by atoms with Gasteiger partial charge in [-0.15, -0.1) is 21.5 Å². The van der Waals surface area contributed by atoms with Crippen LogP contribution in [0.4, 0.5) is 5.00 Å². The average molecular weight is 437 g/mol. The van der Waals surface area contributed by atoms with E-state index in [1.165, 1.54) is 28.0 Å². The maximum atomic E-state index is 12.6. The molecule has 29 heavy (non-hydrogen) atoms. The van der Waals surface area contributed by atoms with Crippen molar-refractivity contribution < 1.29 is 14.3 Å². The Bertz CT molecular complexity index is 891. The van der Waals surface area contributed by atoms with Crippen molar-refractivity contribution in [2.75, 3.05) is 17.7 Å². The van der Waals surface area contributed by atoms with Gasteiger partial charge in [0.25, 0.3) is 0 Å². The molecule has 1 aliphatic rings. The van der Waals surface area contributed by atoms with E-state index in [-0.39, 0.29) is 17.6 Å². The van der Waals surface area contributed by atoms with Crippen molar-refractivity contribution in [3.05, 3.63) is 21.8 Å². The van der Waals surface area contributed by atoms with E-state index in [9.17, 15) is 9.59 Å². The summed E-state index contributed by atoms with van der Waals surface area (Å²) in [5, 5.41) is 12.6. The van der Waals surface area contributed by atoms with E-state index < -0.39 is 0 Å². The molecular weight excluding hydrogens is 408 g/mol. The first-order chi connectivity index (χ1) is 13.9. The Morgan fingerprint density at radius 1 is 1.34 bits per heavy atom. The Morgan fingerprint density at radius 2 is 2.14 bits per heavy atom. The molecule has 2 aromatic heterocycles. The number of carbonyl (C=O) groups is 2. The number of nitrogens with zero attached hydrogens (tertiary/aromatic N) is 3. The molecule has 0 radical (unpaired) electrons. The van der Waals surface area contributed by atoms with Gasteiger partial charge in [-0.25, -0.2) is 4.79 Å².